The van der Waals surface area contributed by atoms with Crippen molar-refractivity contribution in [1.82, 2.24) is 5.32 Å². The second kappa shape index (κ2) is 5.47. The molecule has 0 aliphatic carbocycles. The minimum atomic E-state index is -4.92. The molecule has 16 heavy (non-hydrogen) atoms. The Morgan fingerprint density at radius 1 is 1.44 bits per heavy atom. The largest absolute Gasteiger partial charge is 0.471 e. The predicted octanol–water partition coefficient (Wildman–Crippen LogP) is 2.21. The molecule has 0 aromatic rings. The molecule has 0 heterocycles. The Kier molecular flexibility index (Phi) is 5.18. The van der Waals surface area contributed by atoms with Crippen LogP contribution in [0.2, 0.25) is 0 Å². The monoisotopic (exact) mass is 260 g/mol. The van der Waals surface area contributed by atoms with Crippen LogP contribution in [0.5, 0.6) is 0 Å². The third-order valence-corrected chi connectivity index (χ3v) is 2.13. The van der Waals surface area contributed by atoms with Crippen LogP contribution in [0, 0.1) is 4.91 Å². The second-order valence-electron chi connectivity index (χ2n) is 3.73. The van der Waals surface area contributed by atoms with Gasteiger partial charge in [-0.1, -0.05) is 5.18 Å². The zero-order chi connectivity index (χ0) is 13.0. The second-order valence-corrected chi connectivity index (χ2v) is 4.70. The number of rotatable bonds is 5. The molecule has 1 atom stereocenters. The Morgan fingerprint density at radius 3 is 2.25 bits per heavy atom. The number of hydrogen-bond donors (Lipinski definition) is 1. The lowest BCUT2D eigenvalue weighted by atomic mass is 10.0. The number of carbonyl (C=O) groups excluding carboxylic acids is 1. The number of amides is 1. The lowest BCUT2D eigenvalue weighted by Crippen LogP contribution is -2.39. The first-order chi connectivity index (χ1) is 7.09. The van der Waals surface area contributed by atoms with Crippen LogP contribution in [0.15, 0.2) is 5.18 Å². The van der Waals surface area contributed by atoms with Crippen molar-refractivity contribution in [2.45, 2.75) is 37.4 Å². The van der Waals surface area contributed by atoms with Gasteiger partial charge < -0.3 is 5.32 Å². The van der Waals surface area contributed by atoms with E-state index in [0.717, 1.165) is 0 Å². The van der Waals surface area contributed by atoms with E-state index in [-0.39, 0.29) is 13.0 Å². The topological polar surface area (TPSA) is 58.5 Å². The molecule has 0 spiro atoms. The number of nitrogens with zero attached hydrogens (tertiary/aromatic N) is 1. The number of carbonyl (C=O) groups is 1. The van der Waals surface area contributed by atoms with E-state index >= 15 is 0 Å². The first-order valence-corrected chi connectivity index (χ1v) is 4.83. The van der Waals surface area contributed by atoms with Gasteiger partial charge in [0.1, 0.15) is 6.04 Å². The Hall–Kier alpha value is -0.850. The van der Waals surface area contributed by atoms with Gasteiger partial charge in [-0.3, -0.25) is 4.79 Å². The zero-order valence-electron chi connectivity index (χ0n) is 8.77. The Balaban J connectivity index is 4.08. The molecule has 1 unspecified atom stereocenters. The van der Waals surface area contributed by atoms with E-state index in [4.69, 9.17) is 11.6 Å². The number of hydrogen-bond acceptors (Lipinski definition) is 3. The maximum absolute atomic E-state index is 11.8. The fourth-order valence-electron chi connectivity index (χ4n) is 0.944. The summed E-state index contributed by atoms with van der Waals surface area (Å²) in [7, 11) is 0. The fourth-order valence-corrected chi connectivity index (χ4v) is 1.09. The SMILES string of the molecule is CC(C)(Cl)C(CCNC(=O)C(F)(F)F)N=O. The van der Waals surface area contributed by atoms with Crippen molar-refractivity contribution in [3.63, 3.8) is 0 Å². The molecule has 0 aliphatic heterocycles. The van der Waals surface area contributed by atoms with Gasteiger partial charge in [0.15, 0.2) is 0 Å². The van der Waals surface area contributed by atoms with E-state index in [9.17, 15) is 22.9 Å². The summed E-state index contributed by atoms with van der Waals surface area (Å²) in [6, 6.07) is -0.859. The van der Waals surface area contributed by atoms with E-state index < -0.39 is 23.0 Å². The number of alkyl halides is 4. The number of nitroso groups, excluding NO2 is 1. The van der Waals surface area contributed by atoms with Crippen molar-refractivity contribution < 1.29 is 18.0 Å². The van der Waals surface area contributed by atoms with Crippen molar-refractivity contribution in [1.29, 1.82) is 0 Å². The third kappa shape index (κ3) is 5.29. The van der Waals surface area contributed by atoms with Gasteiger partial charge in [-0.15, -0.1) is 11.6 Å². The highest BCUT2D eigenvalue weighted by atomic mass is 35.5. The minimum Gasteiger partial charge on any atom is -0.348 e. The van der Waals surface area contributed by atoms with Crippen molar-refractivity contribution in [3.8, 4) is 0 Å². The van der Waals surface area contributed by atoms with Crippen molar-refractivity contribution in [3.05, 3.63) is 4.91 Å². The van der Waals surface area contributed by atoms with Crippen molar-refractivity contribution in [2.24, 2.45) is 5.18 Å². The summed E-state index contributed by atoms with van der Waals surface area (Å²) in [5, 5.41) is 4.34. The average Bonchev–Trinajstić information content (AvgIpc) is 2.08. The number of nitrogens with one attached hydrogen (secondary N) is 1. The van der Waals surface area contributed by atoms with Crippen LogP contribution in [0.1, 0.15) is 20.3 Å². The van der Waals surface area contributed by atoms with E-state index in [1.54, 1.807) is 5.32 Å². The molecule has 0 bridgehead atoms. The van der Waals surface area contributed by atoms with Gasteiger partial charge in [0.25, 0.3) is 0 Å². The summed E-state index contributed by atoms with van der Waals surface area (Å²) in [5.41, 5.74) is 0. The van der Waals surface area contributed by atoms with Gasteiger partial charge in [0.2, 0.25) is 0 Å². The van der Waals surface area contributed by atoms with E-state index in [2.05, 4.69) is 5.18 Å². The minimum absolute atomic E-state index is 0.0399. The molecule has 0 aliphatic rings. The smallest absolute Gasteiger partial charge is 0.348 e. The Morgan fingerprint density at radius 2 is 1.94 bits per heavy atom. The van der Waals surface area contributed by atoms with Gasteiger partial charge >= 0.3 is 12.1 Å². The molecule has 1 N–H and O–H groups in total. The number of halogens is 4. The summed E-state index contributed by atoms with van der Waals surface area (Å²) < 4.78 is 35.3. The van der Waals surface area contributed by atoms with Crippen molar-refractivity contribution >= 4 is 17.5 Å². The van der Waals surface area contributed by atoms with Crippen LogP contribution < -0.4 is 5.32 Å². The van der Waals surface area contributed by atoms with Crippen LogP contribution in [-0.4, -0.2) is 29.5 Å². The molecule has 0 radical (unpaired) electrons. The van der Waals surface area contributed by atoms with Gasteiger partial charge in [-0.25, -0.2) is 0 Å². The molecule has 0 rings (SSSR count). The van der Waals surface area contributed by atoms with Gasteiger partial charge in [-0.2, -0.15) is 18.1 Å². The van der Waals surface area contributed by atoms with Gasteiger partial charge in [-0.05, 0) is 20.3 Å². The maximum Gasteiger partial charge on any atom is 0.471 e. The molecular formula is C8H12ClF3N2O2. The molecule has 0 saturated heterocycles. The predicted molar refractivity (Wildman–Crippen MR) is 53.2 cm³/mol. The van der Waals surface area contributed by atoms with Crippen LogP contribution in [0.4, 0.5) is 13.2 Å². The Bertz CT molecular complexity index is 263. The highest BCUT2D eigenvalue weighted by Crippen LogP contribution is 2.23. The lowest BCUT2D eigenvalue weighted by Gasteiger charge is -2.21. The summed E-state index contributed by atoms with van der Waals surface area (Å²) >= 11 is 5.78. The van der Waals surface area contributed by atoms with Gasteiger partial charge in [0.05, 0.1) is 4.87 Å². The summed E-state index contributed by atoms with van der Waals surface area (Å²) in [5.74, 6) is -2.04. The summed E-state index contributed by atoms with van der Waals surface area (Å²) in [6.45, 7) is 2.74. The van der Waals surface area contributed by atoms with Gasteiger partial charge in [0, 0.05) is 6.54 Å². The molecule has 0 fully saturated rings. The van der Waals surface area contributed by atoms with Crippen LogP contribution in [-0.2, 0) is 4.79 Å². The van der Waals surface area contributed by atoms with E-state index in [1.807, 2.05) is 0 Å². The molecule has 1 amide bonds. The standard InChI is InChI=1S/C8H12ClF3N2O2/c1-7(2,9)5(14-16)3-4-13-6(15)8(10,11)12/h5H,3-4H2,1-2H3,(H,13,15). The molecule has 4 nitrogen and oxygen atoms in total. The summed E-state index contributed by atoms with van der Waals surface area (Å²) in [4.78, 5) is 19.8. The zero-order valence-corrected chi connectivity index (χ0v) is 9.52. The van der Waals surface area contributed by atoms with Crippen LogP contribution in [0.3, 0.4) is 0 Å². The maximum atomic E-state index is 11.8. The lowest BCUT2D eigenvalue weighted by molar-refractivity contribution is -0.173. The quantitative estimate of drug-likeness (QED) is 0.609. The Labute approximate surface area is 95.5 Å². The van der Waals surface area contributed by atoms with E-state index in [1.165, 1.54) is 13.8 Å². The highest BCUT2D eigenvalue weighted by molar-refractivity contribution is 6.23. The molecule has 94 valence electrons. The normalized spacial score (nSPS) is 14.4. The van der Waals surface area contributed by atoms with Crippen molar-refractivity contribution in [2.75, 3.05) is 6.54 Å². The van der Waals surface area contributed by atoms with E-state index in [0.29, 0.717) is 0 Å². The fraction of sp³-hybridized carbons (Fsp3) is 0.875. The average molecular weight is 261 g/mol. The molecule has 0 saturated carbocycles. The first kappa shape index (κ1) is 15.2. The first-order valence-electron chi connectivity index (χ1n) is 4.45. The molecule has 8 heteroatoms. The third-order valence-electron chi connectivity index (χ3n) is 1.88. The molecular weight excluding hydrogens is 249 g/mol. The molecule has 0 aromatic carbocycles. The molecule has 0 aromatic heterocycles. The van der Waals surface area contributed by atoms with Crippen LogP contribution >= 0.6 is 11.6 Å². The van der Waals surface area contributed by atoms with Crippen LogP contribution in [0.25, 0.3) is 0 Å². The summed E-state index contributed by atoms with van der Waals surface area (Å²) in [6.07, 6.45) is -4.96. The highest BCUT2D eigenvalue weighted by Gasteiger charge is 2.38.